The smallest absolute Gasteiger partial charge is 0.332 e. The summed E-state index contributed by atoms with van der Waals surface area (Å²) in [5, 5.41) is 1.08. The van der Waals surface area contributed by atoms with E-state index in [0.29, 0.717) is 35.4 Å². The van der Waals surface area contributed by atoms with Crippen LogP contribution in [0.2, 0.25) is 5.02 Å². The van der Waals surface area contributed by atoms with Crippen LogP contribution in [0.15, 0.2) is 34.1 Å². The number of ether oxygens (including phenoxy) is 1. The molecule has 0 spiro atoms. The van der Waals surface area contributed by atoms with Gasteiger partial charge in [0.2, 0.25) is 5.91 Å². The van der Waals surface area contributed by atoms with Crippen molar-refractivity contribution in [2.45, 2.75) is 13.0 Å². The molecule has 13 heteroatoms. The van der Waals surface area contributed by atoms with E-state index in [-0.39, 0.29) is 23.6 Å². The topological polar surface area (TPSA) is 107 Å². The number of rotatable bonds is 7. The van der Waals surface area contributed by atoms with Crippen LogP contribution in [0, 0.1) is 0 Å². The maximum absolute atomic E-state index is 13.6. The second-order valence-corrected chi connectivity index (χ2v) is 10.1. The van der Waals surface area contributed by atoms with Crippen LogP contribution in [0.1, 0.15) is 6.42 Å². The summed E-state index contributed by atoms with van der Waals surface area (Å²) in [6.45, 7) is 4.33. The van der Waals surface area contributed by atoms with Gasteiger partial charge in [0.15, 0.2) is 16.3 Å². The molecule has 3 aromatic heterocycles. The SMILES string of the molecule is Cn1c(=O)c2c(ncn2CC(=O)N(CCCN2CCOCC2)c2nc3c(Cl)cccc3s2)n(C)c1=O. The number of nitrogens with zero attached hydrogens (tertiary/aromatic N) is 7. The van der Waals surface area contributed by atoms with Crippen molar-refractivity contribution in [3.63, 3.8) is 0 Å². The largest absolute Gasteiger partial charge is 0.379 e. The number of hydrogen-bond donors (Lipinski definition) is 0. The lowest BCUT2D eigenvalue weighted by Crippen LogP contribution is -2.40. The van der Waals surface area contributed by atoms with Gasteiger partial charge < -0.3 is 9.30 Å². The van der Waals surface area contributed by atoms with Gasteiger partial charge in [0.1, 0.15) is 12.1 Å². The minimum Gasteiger partial charge on any atom is -0.379 e. The van der Waals surface area contributed by atoms with Gasteiger partial charge in [-0.2, -0.15) is 0 Å². The van der Waals surface area contributed by atoms with Crippen LogP contribution < -0.4 is 16.1 Å². The van der Waals surface area contributed by atoms with E-state index in [1.807, 2.05) is 12.1 Å². The quantitative estimate of drug-likeness (QED) is 0.355. The Hall–Kier alpha value is -3.06. The fourth-order valence-electron chi connectivity index (χ4n) is 4.37. The molecule has 0 saturated carbocycles. The van der Waals surface area contributed by atoms with E-state index in [1.54, 1.807) is 18.0 Å². The Morgan fingerprint density at radius 2 is 1.97 bits per heavy atom. The first-order valence-electron chi connectivity index (χ1n) is 11.6. The number of amides is 1. The van der Waals surface area contributed by atoms with Gasteiger partial charge in [-0.05, 0) is 18.6 Å². The first-order chi connectivity index (χ1) is 17.3. The number of carbonyl (C=O) groups excluding carboxylic acids is 1. The maximum Gasteiger partial charge on any atom is 0.332 e. The Balaban J connectivity index is 1.45. The molecule has 190 valence electrons. The number of anilines is 1. The molecule has 1 amide bonds. The number of fused-ring (bicyclic) bond motifs is 2. The van der Waals surface area contributed by atoms with Crippen molar-refractivity contribution in [1.82, 2.24) is 28.6 Å². The lowest BCUT2D eigenvalue weighted by atomic mass is 10.3. The third kappa shape index (κ3) is 4.57. The summed E-state index contributed by atoms with van der Waals surface area (Å²) in [5.74, 6) is -0.234. The summed E-state index contributed by atoms with van der Waals surface area (Å²) in [6, 6.07) is 5.55. The van der Waals surface area contributed by atoms with Crippen LogP contribution in [-0.4, -0.2) is 73.9 Å². The zero-order valence-electron chi connectivity index (χ0n) is 20.0. The fraction of sp³-hybridized carbons (Fsp3) is 0.435. The molecular weight excluding hydrogens is 506 g/mol. The molecule has 1 aromatic carbocycles. The Labute approximate surface area is 215 Å². The Morgan fingerprint density at radius 1 is 1.19 bits per heavy atom. The number of aromatic nitrogens is 5. The van der Waals surface area contributed by atoms with E-state index in [0.717, 1.165) is 35.3 Å². The summed E-state index contributed by atoms with van der Waals surface area (Å²) < 4.78 is 10.1. The van der Waals surface area contributed by atoms with Gasteiger partial charge in [0.05, 0.1) is 29.3 Å². The highest BCUT2D eigenvalue weighted by atomic mass is 35.5. The van der Waals surface area contributed by atoms with E-state index >= 15 is 0 Å². The number of imidazole rings is 1. The van der Waals surface area contributed by atoms with Gasteiger partial charge in [-0.15, -0.1) is 0 Å². The molecule has 5 rings (SSSR count). The van der Waals surface area contributed by atoms with Gasteiger partial charge in [-0.1, -0.05) is 29.0 Å². The molecular formula is C23H26ClN7O4S. The molecule has 0 radical (unpaired) electrons. The molecule has 4 aromatic rings. The summed E-state index contributed by atoms with van der Waals surface area (Å²) in [5.41, 5.74) is 0.126. The monoisotopic (exact) mass is 531 g/mol. The van der Waals surface area contributed by atoms with Gasteiger partial charge in [-0.25, -0.2) is 14.8 Å². The molecule has 1 saturated heterocycles. The lowest BCUT2D eigenvalue weighted by Gasteiger charge is -2.27. The molecule has 1 aliphatic heterocycles. The van der Waals surface area contributed by atoms with Crippen molar-refractivity contribution in [2.24, 2.45) is 14.1 Å². The molecule has 36 heavy (non-hydrogen) atoms. The first kappa shape index (κ1) is 24.6. The van der Waals surface area contributed by atoms with Crippen LogP contribution in [0.25, 0.3) is 21.4 Å². The van der Waals surface area contributed by atoms with Crippen LogP contribution in [0.4, 0.5) is 5.13 Å². The normalized spacial score (nSPS) is 14.6. The minimum absolute atomic E-state index is 0.120. The van der Waals surface area contributed by atoms with Crippen molar-refractivity contribution in [1.29, 1.82) is 0 Å². The molecule has 4 heterocycles. The van der Waals surface area contributed by atoms with E-state index in [1.165, 1.54) is 33.8 Å². The fourth-order valence-corrected chi connectivity index (χ4v) is 5.68. The van der Waals surface area contributed by atoms with E-state index < -0.39 is 11.2 Å². The summed E-state index contributed by atoms with van der Waals surface area (Å²) in [7, 11) is 2.96. The first-order valence-corrected chi connectivity index (χ1v) is 12.8. The second-order valence-electron chi connectivity index (χ2n) is 8.69. The predicted molar refractivity (Wildman–Crippen MR) is 139 cm³/mol. The second kappa shape index (κ2) is 10.1. The van der Waals surface area contributed by atoms with Crippen molar-refractivity contribution >= 4 is 55.4 Å². The summed E-state index contributed by atoms with van der Waals surface area (Å²) in [6.07, 6.45) is 2.17. The van der Waals surface area contributed by atoms with E-state index in [4.69, 9.17) is 16.3 Å². The molecule has 0 bridgehead atoms. The van der Waals surface area contributed by atoms with Crippen molar-refractivity contribution in [2.75, 3.05) is 44.3 Å². The van der Waals surface area contributed by atoms with E-state index in [9.17, 15) is 14.4 Å². The van der Waals surface area contributed by atoms with Gasteiger partial charge in [0.25, 0.3) is 5.56 Å². The Kier molecular flexibility index (Phi) is 6.93. The molecule has 0 aliphatic carbocycles. The highest BCUT2D eigenvalue weighted by molar-refractivity contribution is 7.22. The number of morpholine rings is 1. The highest BCUT2D eigenvalue weighted by Gasteiger charge is 2.23. The predicted octanol–water partition coefficient (Wildman–Crippen LogP) is 1.45. The standard InChI is InChI=1S/C23H26ClN7O4S/c1-27-20-19(21(33)28(2)23(27)34)30(14-25-20)13-17(32)31(8-4-7-29-9-11-35-12-10-29)22-26-18-15(24)5-3-6-16(18)36-22/h3,5-6,14H,4,7-13H2,1-2H3. The van der Waals surface area contributed by atoms with Gasteiger partial charge >= 0.3 is 5.69 Å². The zero-order valence-corrected chi connectivity index (χ0v) is 21.6. The minimum atomic E-state index is -0.496. The van der Waals surface area contributed by atoms with Crippen molar-refractivity contribution in [3.05, 3.63) is 50.4 Å². The average Bonchev–Trinajstić information content (AvgIpc) is 3.50. The summed E-state index contributed by atoms with van der Waals surface area (Å²) >= 11 is 7.75. The molecule has 11 nitrogen and oxygen atoms in total. The molecule has 0 unspecified atom stereocenters. The van der Waals surface area contributed by atoms with E-state index in [2.05, 4.69) is 14.9 Å². The van der Waals surface area contributed by atoms with Gasteiger partial charge in [0, 0.05) is 40.3 Å². The van der Waals surface area contributed by atoms with Crippen LogP contribution in [0.3, 0.4) is 0 Å². The zero-order chi connectivity index (χ0) is 25.4. The van der Waals surface area contributed by atoms with Crippen LogP contribution in [0.5, 0.6) is 0 Å². The number of halogens is 1. The number of para-hydroxylation sites is 1. The number of carbonyl (C=O) groups is 1. The number of thiazole rings is 1. The van der Waals surface area contributed by atoms with Crippen LogP contribution >= 0.6 is 22.9 Å². The molecule has 0 atom stereocenters. The number of benzene rings is 1. The third-order valence-corrected chi connectivity index (χ3v) is 7.72. The number of hydrogen-bond acceptors (Lipinski definition) is 8. The lowest BCUT2D eigenvalue weighted by molar-refractivity contribution is -0.119. The molecule has 1 fully saturated rings. The Morgan fingerprint density at radius 3 is 2.72 bits per heavy atom. The van der Waals surface area contributed by atoms with Crippen molar-refractivity contribution in [3.8, 4) is 0 Å². The Bertz CT molecular complexity index is 1550. The van der Waals surface area contributed by atoms with Gasteiger partial charge in [-0.3, -0.25) is 28.5 Å². The third-order valence-electron chi connectivity index (χ3n) is 6.37. The average molecular weight is 532 g/mol. The molecule has 1 aliphatic rings. The highest BCUT2D eigenvalue weighted by Crippen LogP contribution is 2.33. The summed E-state index contributed by atoms with van der Waals surface area (Å²) in [4.78, 5) is 51.6. The van der Waals surface area contributed by atoms with Crippen molar-refractivity contribution < 1.29 is 9.53 Å². The number of aryl methyl sites for hydroxylation is 1. The molecule has 0 N–H and O–H groups in total. The maximum atomic E-state index is 13.6. The van der Waals surface area contributed by atoms with Crippen LogP contribution in [-0.2, 0) is 30.2 Å².